The lowest BCUT2D eigenvalue weighted by molar-refractivity contribution is 0.0118. The Bertz CT molecular complexity index is 654. The molecule has 2 saturated heterocycles. The van der Waals surface area contributed by atoms with Crippen molar-refractivity contribution < 1.29 is 5.11 Å². The van der Waals surface area contributed by atoms with Crippen LogP contribution in [0.2, 0.25) is 0 Å². The quantitative estimate of drug-likeness (QED) is 0.910. The van der Waals surface area contributed by atoms with Crippen LogP contribution in [-0.2, 0) is 5.60 Å². The van der Waals surface area contributed by atoms with Crippen LogP contribution in [0.3, 0.4) is 0 Å². The number of nitrogens with zero attached hydrogens (tertiary/aromatic N) is 1. The third kappa shape index (κ3) is 3.06. The van der Waals surface area contributed by atoms with Crippen molar-refractivity contribution in [1.82, 2.24) is 5.32 Å². The minimum absolute atomic E-state index is 0.670. The van der Waals surface area contributed by atoms with Crippen LogP contribution >= 0.6 is 0 Å². The summed E-state index contributed by atoms with van der Waals surface area (Å²) in [6.45, 7) is 4.04. The molecule has 3 heteroatoms. The molecule has 2 heterocycles. The van der Waals surface area contributed by atoms with E-state index in [0.717, 1.165) is 44.6 Å². The van der Waals surface area contributed by atoms with Gasteiger partial charge in [-0.1, -0.05) is 42.5 Å². The third-order valence-corrected chi connectivity index (χ3v) is 5.69. The van der Waals surface area contributed by atoms with E-state index in [-0.39, 0.29) is 0 Å². The Balaban J connectivity index is 1.42. The fourth-order valence-corrected chi connectivity index (χ4v) is 4.07. The molecular formula is C21H26N2O. The summed E-state index contributed by atoms with van der Waals surface area (Å²) in [5.74, 6) is 0.670. The molecule has 2 aromatic carbocycles. The van der Waals surface area contributed by atoms with Gasteiger partial charge in [-0.3, -0.25) is 0 Å². The second-order valence-electron chi connectivity index (χ2n) is 7.17. The Morgan fingerprint density at radius 2 is 1.67 bits per heavy atom. The zero-order valence-corrected chi connectivity index (χ0v) is 14.1. The monoisotopic (exact) mass is 322 g/mol. The van der Waals surface area contributed by atoms with Gasteiger partial charge in [0.2, 0.25) is 0 Å². The second kappa shape index (κ2) is 6.58. The summed E-state index contributed by atoms with van der Waals surface area (Å²) in [4.78, 5) is 2.40. The molecule has 4 rings (SSSR count). The third-order valence-electron chi connectivity index (χ3n) is 5.69. The molecule has 0 aromatic heterocycles. The zero-order valence-electron chi connectivity index (χ0n) is 14.1. The van der Waals surface area contributed by atoms with Gasteiger partial charge in [-0.15, -0.1) is 0 Å². The maximum Gasteiger partial charge on any atom is 0.0930 e. The van der Waals surface area contributed by atoms with E-state index < -0.39 is 5.60 Å². The molecule has 0 amide bonds. The number of anilines is 1. The number of aliphatic hydroxyl groups is 1. The maximum absolute atomic E-state index is 11.0. The minimum Gasteiger partial charge on any atom is -0.385 e. The van der Waals surface area contributed by atoms with Crippen molar-refractivity contribution >= 4 is 5.69 Å². The highest BCUT2D eigenvalue weighted by Crippen LogP contribution is 2.34. The van der Waals surface area contributed by atoms with Crippen LogP contribution in [0, 0.1) is 0 Å². The summed E-state index contributed by atoms with van der Waals surface area (Å²) in [5.41, 5.74) is 3.10. The molecular weight excluding hydrogens is 296 g/mol. The maximum atomic E-state index is 11.0. The lowest BCUT2D eigenvalue weighted by Crippen LogP contribution is -2.42. The number of benzene rings is 2. The van der Waals surface area contributed by atoms with Gasteiger partial charge < -0.3 is 15.3 Å². The Labute approximate surface area is 144 Å². The average molecular weight is 322 g/mol. The normalized spacial score (nSPS) is 23.4. The SMILES string of the molecule is OC1(c2ccccc2)CCN(c2ccc(C3CCNC3)cc2)CC1. The molecule has 1 unspecified atom stereocenters. The first-order valence-corrected chi connectivity index (χ1v) is 9.08. The van der Waals surface area contributed by atoms with Gasteiger partial charge in [0.25, 0.3) is 0 Å². The zero-order chi connectivity index (χ0) is 16.4. The molecule has 24 heavy (non-hydrogen) atoms. The van der Waals surface area contributed by atoms with Gasteiger partial charge in [0.15, 0.2) is 0 Å². The molecule has 3 nitrogen and oxygen atoms in total. The highest BCUT2D eigenvalue weighted by molar-refractivity contribution is 5.49. The Morgan fingerprint density at radius 3 is 2.29 bits per heavy atom. The summed E-state index contributed by atoms with van der Waals surface area (Å²) >= 11 is 0. The van der Waals surface area contributed by atoms with Gasteiger partial charge in [-0.2, -0.15) is 0 Å². The predicted molar refractivity (Wildman–Crippen MR) is 98.5 cm³/mol. The average Bonchev–Trinajstić information content (AvgIpc) is 3.18. The van der Waals surface area contributed by atoms with Crippen LogP contribution in [0.15, 0.2) is 54.6 Å². The first-order chi connectivity index (χ1) is 11.7. The first-order valence-electron chi connectivity index (χ1n) is 9.08. The van der Waals surface area contributed by atoms with Crippen LogP contribution < -0.4 is 10.2 Å². The fourth-order valence-electron chi connectivity index (χ4n) is 4.07. The van der Waals surface area contributed by atoms with Crippen LogP contribution in [0.5, 0.6) is 0 Å². The lowest BCUT2D eigenvalue weighted by Gasteiger charge is -2.39. The molecule has 0 spiro atoms. The van der Waals surface area contributed by atoms with Crippen LogP contribution in [0.25, 0.3) is 0 Å². The van der Waals surface area contributed by atoms with Gasteiger partial charge in [0, 0.05) is 25.3 Å². The molecule has 2 N–H and O–H groups in total. The van der Waals surface area contributed by atoms with Gasteiger partial charge in [-0.25, -0.2) is 0 Å². The van der Waals surface area contributed by atoms with Gasteiger partial charge in [0.1, 0.15) is 0 Å². The van der Waals surface area contributed by atoms with Crippen molar-refractivity contribution in [1.29, 1.82) is 0 Å². The smallest absolute Gasteiger partial charge is 0.0930 e. The molecule has 2 aromatic rings. The Kier molecular flexibility index (Phi) is 4.30. The molecule has 0 saturated carbocycles. The summed E-state index contributed by atoms with van der Waals surface area (Å²) < 4.78 is 0. The van der Waals surface area contributed by atoms with Crippen LogP contribution in [-0.4, -0.2) is 31.3 Å². The van der Waals surface area contributed by atoms with E-state index in [1.165, 1.54) is 17.7 Å². The standard InChI is InChI=1S/C21H26N2O/c24-21(19-4-2-1-3-5-19)11-14-23(15-12-21)20-8-6-17(7-9-20)18-10-13-22-16-18/h1-9,18,22,24H,10-16H2. The molecule has 0 radical (unpaired) electrons. The van der Waals surface area contributed by atoms with E-state index in [9.17, 15) is 5.11 Å². The van der Waals surface area contributed by atoms with E-state index in [2.05, 4.69) is 34.5 Å². The Morgan fingerprint density at radius 1 is 0.958 bits per heavy atom. The highest BCUT2D eigenvalue weighted by atomic mass is 16.3. The topological polar surface area (TPSA) is 35.5 Å². The lowest BCUT2D eigenvalue weighted by atomic mass is 9.84. The summed E-state index contributed by atoms with van der Waals surface area (Å²) in [7, 11) is 0. The second-order valence-corrected chi connectivity index (χ2v) is 7.17. The molecule has 0 bridgehead atoms. The van der Waals surface area contributed by atoms with Crippen molar-refractivity contribution in [2.24, 2.45) is 0 Å². The van der Waals surface area contributed by atoms with E-state index in [1.807, 2.05) is 30.3 Å². The van der Waals surface area contributed by atoms with Crippen LogP contribution in [0.4, 0.5) is 5.69 Å². The molecule has 2 aliphatic rings. The summed E-state index contributed by atoms with van der Waals surface area (Å²) in [6.07, 6.45) is 2.81. The van der Waals surface area contributed by atoms with E-state index >= 15 is 0 Å². The molecule has 126 valence electrons. The van der Waals surface area contributed by atoms with Gasteiger partial charge in [-0.05, 0) is 55.0 Å². The van der Waals surface area contributed by atoms with E-state index in [1.54, 1.807) is 0 Å². The van der Waals surface area contributed by atoms with E-state index in [0.29, 0.717) is 5.92 Å². The van der Waals surface area contributed by atoms with E-state index in [4.69, 9.17) is 0 Å². The Hall–Kier alpha value is -1.84. The molecule has 2 aliphatic heterocycles. The fraction of sp³-hybridized carbons (Fsp3) is 0.429. The highest BCUT2D eigenvalue weighted by Gasteiger charge is 2.33. The van der Waals surface area contributed by atoms with Crippen molar-refractivity contribution in [3.63, 3.8) is 0 Å². The van der Waals surface area contributed by atoms with Crippen molar-refractivity contribution in [2.75, 3.05) is 31.1 Å². The first kappa shape index (κ1) is 15.7. The molecule has 2 fully saturated rings. The summed E-state index contributed by atoms with van der Waals surface area (Å²) in [6, 6.07) is 19.2. The predicted octanol–water partition coefficient (Wildman–Crippen LogP) is 3.25. The number of hydrogen-bond donors (Lipinski definition) is 2. The molecule has 1 atom stereocenters. The van der Waals surface area contributed by atoms with Crippen molar-refractivity contribution in [2.45, 2.75) is 30.8 Å². The van der Waals surface area contributed by atoms with Crippen molar-refractivity contribution in [3.05, 3.63) is 65.7 Å². The number of nitrogens with one attached hydrogen (secondary N) is 1. The van der Waals surface area contributed by atoms with Crippen molar-refractivity contribution in [3.8, 4) is 0 Å². The minimum atomic E-state index is -0.673. The number of hydrogen-bond acceptors (Lipinski definition) is 3. The van der Waals surface area contributed by atoms with Gasteiger partial charge >= 0.3 is 0 Å². The van der Waals surface area contributed by atoms with Gasteiger partial charge in [0.05, 0.1) is 5.60 Å². The molecule has 0 aliphatic carbocycles. The number of piperidine rings is 1. The van der Waals surface area contributed by atoms with Crippen LogP contribution in [0.1, 0.15) is 36.3 Å². The summed E-state index contributed by atoms with van der Waals surface area (Å²) in [5, 5.41) is 14.4. The largest absolute Gasteiger partial charge is 0.385 e. The number of rotatable bonds is 3.